The number of aliphatic hydroxyl groups excluding tert-OH is 1. The molecule has 0 aromatic heterocycles. The van der Waals surface area contributed by atoms with Crippen LogP contribution in [0.15, 0.2) is 18.2 Å². The van der Waals surface area contributed by atoms with Gasteiger partial charge in [0.1, 0.15) is 6.61 Å². The maximum absolute atomic E-state index is 12.5. The zero-order valence-electron chi connectivity index (χ0n) is 12.5. The molecular weight excluding hydrogens is 266 g/mol. The van der Waals surface area contributed by atoms with Crippen LogP contribution in [0.4, 0.5) is 0 Å². The molecule has 0 bridgehead atoms. The van der Waals surface area contributed by atoms with E-state index < -0.39 is 0 Å². The van der Waals surface area contributed by atoms with E-state index in [0.29, 0.717) is 17.7 Å². The number of benzene rings is 1. The molecule has 1 aliphatic rings. The van der Waals surface area contributed by atoms with Crippen LogP contribution in [0.2, 0.25) is 0 Å². The van der Waals surface area contributed by atoms with E-state index in [9.17, 15) is 4.79 Å². The Labute approximate surface area is 125 Å². The molecule has 1 heterocycles. The number of nitrogens with one attached hydrogen (secondary N) is 1. The minimum atomic E-state index is -0.216. The van der Waals surface area contributed by atoms with Crippen LogP contribution in [0.5, 0.6) is 0 Å². The first kappa shape index (κ1) is 15.6. The van der Waals surface area contributed by atoms with E-state index in [0.717, 1.165) is 18.4 Å². The van der Waals surface area contributed by atoms with Gasteiger partial charge in [-0.1, -0.05) is 23.5 Å². The van der Waals surface area contributed by atoms with Crippen molar-refractivity contribution in [3.63, 3.8) is 0 Å². The van der Waals surface area contributed by atoms with Gasteiger partial charge in [0.25, 0.3) is 5.91 Å². The Morgan fingerprint density at radius 3 is 3.05 bits per heavy atom. The summed E-state index contributed by atoms with van der Waals surface area (Å²) in [6, 6.07) is 5.70. The van der Waals surface area contributed by atoms with Gasteiger partial charge in [0.15, 0.2) is 0 Å². The minimum absolute atomic E-state index is 0.111. The summed E-state index contributed by atoms with van der Waals surface area (Å²) in [6.07, 6.45) is 1.84. The molecule has 0 saturated carbocycles. The van der Waals surface area contributed by atoms with Gasteiger partial charge in [-0.15, -0.1) is 0 Å². The Kier molecular flexibility index (Phi) is 5.38. The average molecular weight is 287 g/mol. The number of rotatable bonds is 2. The van der Waals surface area contributed by atoms with Crippen molar-refractivity contribution in [2.75, 3.05) is 13.2 Å². The molecule has 4 heteroatoms. The minimum Gasteiger partial charge on any atom is -0.384 e. The molecule has 2 atom stereocenters. The molecule has 1 saturated heterocycles. The zero-order valence-corrected chi connectivity index (χ0v) is 12.5. The van der Waals surface area contributed by atoms with Crippen molar-refractivity contribution < 1.29 is 14.6 Å². The van der Waals surface area contributed by atoms with Crippen molar-refractivity contribution in [1.29, 1.82) is 0 Å². The van der Waals surface area contributed by atoms with Crippen LogP contribution in [0.1, 0.15) is 41.3 Å². The number of carbonyl (C=O) groups is 1. The molecule has 0 aliphatic carbocycles. The molecule has 1 aliphatic heterocycles. The lowest BCUT2D eigenvalue weighted by molar-refractivity contribution is 0.0136. The van der Waals surface area contributed by atoms with Gasteiger partial charge >= 0.3 is 0 Å². The van der Waals surface area contributed by atoms with Gasteiger partial charge in [0, 0.05) is 18.2 Å². The monoisotopic (exact) mass is 287 g/mol. The van der Waals surface area contributed by atoms with Gasteiger partial charge in [0.05, 0.1) is 11.7 Å². The quantitative estimate of drug-likeness (QED) is 0.813. The highest BCUT2D eigenvalue weighted by molar-refractivity contribution is 5.97. The molecule has 1 amide bonds. The third-order valence-electron chi connectivity index (χ3n) is 3.54. The van der Waals surface area contributed by atoms with Crippen molar-refractivity contribution >= 4 is 5.91 Å². The predicted octanol–water partition coefficient (Wildman–Crippen LogP) is 1.64. The molecule has 0 spiro atoms. The fraction of sp³-hybridized carbons (Fsp3) is 0.471. The number of hydrogen-bond acceptors (Lipinski definition) is 3. The Hall–Kier alpha value is -1.83. The summed E-state index contributed by atoms with van der Waals surface area (Å²) in [4.78, 5) is 12.5. The molecule has 2 N–H and O–H groups in total. The molecule has 0 radical (unpaired) electrons. The van der Waals surface area contributed by atoms with Crippen LogP contribution < -0.4 is 5.32 Å². The topological polar surface area (TPSA) is 58.6 Å². The summed E-state index contributed by atoms with van der Waals surface area (Å²) in [7, 11) is 0. The smallest absolute Gasteiger partial charge is 0.252 e. The van der Waals surface area contributed by atoms with Gasteiger partial charge in [-0.25, -0.2) is 0 Å². The van der Waals surface area contributed by atoms with Crippen LogP contribution in [-0.2, 0) is 4.74 Å². The maximum Gasteiger partial charge on any atom is 0.252 e. The summed E-state index contributed by atoms with van der Waals surface area (Å²) in [5.41, 5.74) is 2.22. The third-order valence-corrected chi connectivity index (χ3v) is 3.54. The fourth-order valence-electron chi connectivity index (χ4n) is 2.48. The van der Waals surface area contributed by atoms with Crippen molar-refractivity contribution in [3.05, 3.63) is 34.9 Å². The van der Waals surface area contributed by atoms with E-state index in [1.807, 2.05) is 32.0 Å². The van der Waals surface area contributed by atoms with Crippen LogP contribution in [0.25, 0.3) is 0 Å². The van der Waals surface area contributed by atoms with Gasteiger partial charge < -0.3 is 15.2 Å². The molecule has 2 rings (SSSR count). The lowest BCUT2D eigenvalue weighted by Gasteiger charge is -2.28. The number of ether oxygens (including phenoxy) is 1. The maximum atomic E-state index is 12.5. The predicted molar refractivity (Wildman–Crippen MR) is 81.0 cm³/mol. The number of amides is 1. The van der Waals surface area contributed by atoms with Gasteiger partial charge in [0.2, 0.25) is 0 Å². The first-order valence-corrected chi connectivity index (χ1v) is 7.23. The van der Waals surface area contributed by atoms with Crippen molar-refractivity contribution in [3.8, 4) is 11.8 Å². The van der Waals surface area contributed by atoms with Gasteiger partial charge in [-0.05, 0) is 38.8 Å². The van der Waals surface area contributed by atoms with Crippen LogP contribution in [0, 0.1) is 18.8 Å². The second kappa shape index (κ2) is 7.26. The summed E-state index contributed by atoms with van der Waals surface area (Å²) >= 11 is 0. The highest BCUT2D eigenvalue weighted by Crippen LogP contribution is 2.16. The lowest BCUT2D eigenvalue weighted by Crippen LogP contribution is -2.41. The molecular formula is C17H21NO3. The van der Waals surface area contributed by atoms with E-state index >= 15 is 0 Å². The fourth-order valence-corrected chi connectivity index (χ4v) is 2.48. The number of aryl methyl sites for hydroxylation is 1. The summed E-state index contributed by atoms with van der Waals surface area (Å²) in [5, 5.41) is 11.9. The first-order chi connectivity index (χ1) is 10.1. The number of aliphatic hydroxyl groups is 1. The molecule has 21 heavy (non-hydrogen) atoms. The van der Waals surface area contributed by atoms with E-state index in [-0.39, 0.29) is 24.7 Å². The second-order valence-corrected chi connectivity index (χ2v) is 5.39. The van der Waals surface area contributed by atoms with E-state index in [4.69, 9.17) is 9.84 Å². The Balaban J connectivity index is 2.15. The molecule has 1 aromatic rings. The van der Waals surface area contributed by atoms with Gasteiger partial charge in [-0.2, -0.15) is 0 Å². The Morgan fingerprint density at radius 1 is 1.52 bits per heavy atom. The number of carbonyl (C=O) groups excluding carboxylic acids is 1. The van der Waals surface area contributed by atoms with Gasteiger partial charge in [-0.3, -0.25) is 4.79 Å². The summed E-state index contributed by atoms with van der Waals surface area (Å²) < 4.78 is 5.49. The van der Waals surface area contributed by atoms with Crippen LogP contribution in [0.3, 0.4) is 0 Å². The van der Waals surface area contributed by atoms with E-state index in [1.165, 1.54) is 0 Å². The Bertz CT molecular complexity index is 571. The normalized spacial score (nSPS) is 21.3. The van der Waals surface area contributed by atoms with Crippen LogP contribution in [-0.4, -0.2) is 36.4 Å². The van der Waals surface area contributed by atoms with Crippen molar-refractivity contribution in [2.24, 2.45) is 0 Å². The molecule has 4 nitrogen and oxygen atoms in total. The molecule has 112 valence electrons. The summed E-state index contributed by atoms with van der Waals surface area (Å²) in [6.45, 7) is 4.42. The number of hydrogen-bond donors (Lipinski definition) is 2. The van der Waals surface area contributed by atoms with Crippen molar-refractivity contribution in [1.82, 2.24) is 5.32 Å². The standard InChI is InChI=1S/C17H21NO3/c1-12-5-6-14(4-3-8-19)16(10-12)17(20)18-15-7-9-21-13(2)11-15/h5-6,10,13,15,19H,7-9,11H2,1-2H3,(H,18,20). The zero-order chi connectivity index (χ0) is 15.2. The third kappa shape index (κ3) is 4.32. The largest absolute Gasteiger partial charge is 0.384 e. The summed E-state index contributed by atoms with van der Waals surface area (Å²) in [5.74, 6) is 5.32. The first-order valence-electron chi connectivity index (χ1n) is 7.23. The SMILES string of the molecule is Cc1ccc(C#CCO)c(C(=O)NC2CCOC(C)C2)c1. The lowest BCUT2D eigenvalue weighted by atomic mass is 10.0. The highest BCUT2D eigenvalue weighted by Gasteiger charge is 2.22. The molecule has 1 aromatic carbocycles. The molecule has 1 fully saturated rings. The second-order valence-electron chi connectivity index (χ2n) is 5.39. The highest BCUT2D eigenvalue weighted by atomic mass is 16.5. The average Bonchev–Trinajstić information content (AvgIpc) is 2.46. The molecule has 2 unspecified atom stereocenters. The van der Waals surface area contributed by atoms with E-state index in [2.05, 4.69) is 17.2 Å². The van der Waals surface area contributed by atoms with Crippen molar-refractivity contribution in [2.45, 2.75) is 38.8 Å². The Morgan fingerprint density at radius 2 is 2.33 bits per heavy atom. The van der Waals surface area contributed by atoms with E-state index in [1.54, 1.807) is 0 Å². The van der Waals surface area contributed by atoms with Crippen LogP contribution >= 0.6 is 0 Å².